The second-order valence-electron chi connectivity index (χ2n) is 7.73. The lowest BCUT2D eigenvalue weighted by Gasteiger charge is -2.13. The number of ether oxygens (including phenoxy) is 2. The summed E-state index contributed by atoms with van der Waals surface area (Å²) >= 11 is 0. The summed E-state index contributed by atoms with van der Waals surface area (Å²) in [6.45, 7) is -0.206. The molecule has 0 saturated heterocycles. The number of hydrogen-bond donors (Lipinski definition) is 2. The van der Waals surface area contributed by atoms with Crippen LogP contribution in [0, 0.1) is 11.3 Å². The van der Waals surface area contributed by atoms with Gasteiger partial charge in [0.05, 0.1) is 18.7 Å². The second kappa shape index (κ2) is 11.4. The minimum Gasteiger partial charge on any atom is -0.493 e. The van der Waals surface area contributed by atoms with Gasteiger partial charge in [0, 0.05) is 22.5 Å². The van der Waals surface area contributed by atoms with Gasteiger partial charge in [0.2, 0.25) is 0 Å². The van der Waals surface area contributed by atoms with E-state index >= 15 is 0 Å². The van der Waals surface area contributed by atoms with Crippen LogP contribution in [0.25, 0.3) is 11.1 Å². The van der Waals surface area contributed by atoms with Gasteiger partial charge in [-0.25, -0.2) is 0 Å². The fraction of sp³-hybridized carbons (Fsp3) is 0.0690. The van der Waals surface area contributed by atoms with E-state index in [0.717, 1.165) is 0 Å². The molecular weight excluding hydrogens is 454 g/mol. The number of carbonyl (C=O) groups excluding carboxylic acids is 2. The van der Waals surface area contributed by atoms with E-state index in [2.05, 4.69) is 16.7 Å². The number of methoxy groups -OCH3 is 1. The van der Waals surface area contributed by atoms with Gasteiger partial charge in [-0.3, -0.25) is 9.59 Å². The lowest BCUT2D eigenvalue weighted by molar-refractivity contribution is -0.118. The molecule has 0 aliphatic rings. The molecule has 0 aliphatic heterocycles. The van der Waals surface area contributed by atoms with Gasteiger partial charge in [0.15, 0.2) is 18.1 Å². The summed E-state index contributed by atoms with van der Waals surface area (Å²) < 4.78 is 10.8. The quantitative estimate of drug-likeness (QED) is 0.349. The molecule has 0 spiro atoms. The first-order valence-corrected chi connectivity index (χ1v) is 11.1. The molecule has 0 aromatic heterocycles. The predicted octanol–water partition coefficient (Wildman–Crippen LogP) is 5.50. The van der Waals surface area contributed by atoms with Gasteiger partial charge in [-0.15, -0.1) is 0 Å². The van der Waals surface area contributed by atoms with Crippen LogP contribution >= 0.6 is 0 Å². The van der Waals surface area contributed by atoms with Crippen molar-refractivity contribution in [2.24, 2.45) is 0 Å². The largest absolute Gasteiger partial charge is 0.493 e. The maximum atomic E-state index is 13.1. The van der Waals surface area contributed by atoms with Gasteiger partial charge < -0.3 is 20.1 Å². The first kappa shape index (κ1) is 24.0. The molecule has 0 aliphatic carbocycles. The van der Waals surface area contributed by atoms with E-state index in [4.69, 9.17) is 9.47 Å². The first-order chi connectivity index (χ1) is 17.6. The number of rotatable bonds is 8. The summed E-state index contributed by atoms with van der Waals surface area (Å²) in [6.07, 6.45) is 0. The van der Waals surface area contributed by atoms with Gasteiger partial charge in [-0.2, -0.15) is 5.26 Å². The van der Waals surface area contributed by atoms with E-state index in [1.807, 2.05) is 30.3 Å². The highest BCUT2D eigenvalue weighted by Gasteiger charge is 2.15. The van der Waals surface area contributed by atoms with Gasteiger partial charge in [-0.1, -0.05) is 54.6 Å². The highest BCUT2D eigenvalue weighted by atomic mass is 16.5. The third-order valence-electron chi connectivity index (χ3n) is 5.34. The fourth-order valence-corrected chi connectivity index (χ4v) is 3.68. The second-order valence-corrected chi connectivity index (χ2v) is 7.73. The summed E-state index contributed by atoms with van der Waals surface area (Å²) in [4.78, 5) is 25.6. The molecule has 178 valence electrons. The van der Waals surface area contributed by atoms with Crippen LogP contribution in [0.4, 0.5) is 11.4 Å². The average Bonchev–Trinajstić information content (AvgIpc) is 2.92. The Morgan fingerprint density at radius 2 is 1.42 bits per heavy atom. The number of hydrogen-bond acceptors (Lipinski definition) is 5. The lowest BCUT2D eigenvalue weighted by Crippen LogP contribution is -2.20. The van der Waals surface area contributed by atoms with E-state index in [0.29, 0.717) is 45.1 Å². The van der Waals surface area contributed by atoms with Crippen LogP contribution in [0.1, 0.15) is 15.9 Å². The Balaban J connectivity index is 1.45. The van der Waals surface area contributed by atoms with Crippen LogP contribution in [-0.2, 0) is 4.79 Å². The topological polar surface area (TPSA) is 100 Å². The van der Waals surface area contributed by atoms with E-state index in [9.17, 15) is 14.9 Å². The number of nitriles is 1. The third kappa shape index (κ3) is 5.69. The monoisotopic (exact) mass is 477 g/mol. The molecule has 0 heterocycles. The Morgan fingerprint density at radius 3 is 2.17 bits per heavy atom. The summed E-state index contributed by atoms with van der Waals surface area (Å²) in [7, 11) is 1.53. The van der Waals surface area contributed by atoms with Crippen LogP contribution in [0.5, 0.6) is 11.5 Å². The van der Waals surface area contributed by atoms with Gasteiger partial charge >= 0.3 is 0 Å². The number of amides is 2. The number of anilines is 2. The molecule has 36 heavy (non-hydrogen) atoms. The molecule has 0 bridgehead atoms. The Bertz CT molecular complexity index is 1440. The molecule has 0 unspecified atom stereocenters. The molecule has 0 radical (unpaired) electrons. The van der Waals surface area contributed by atoms with E-state index < -0.39 is 0 Å². The van der Waals surface area contributed by atoms with Crippen molar-refractivity contribution in [2.45, 2.75) is 0 Å². The van der Waals surface area contributed by atoms with Crippen LogP contribution in [0.15, 0.2) is 97.1 Å². The molecule has 7 heteroatoms. The average molecular weight is 478 g/mol. The zero-order valence-electron chi connectivity index (χ0n) is 19.5. The van der Waals surface area contributed by atoms with Crippen molar-refractivity contribution in [1.82, 2.24) is 0 Å². The standard InChI is InChI=1S/C29H23N3O4/c1-35-26-15-6-7-16-27(26)36-19-28(33)31-21-10-8-11-22(17-21)32-29(34)25-14-5-4-13-24(25)23-12-3-2-9-20(23)18-30/h2-17H,19H2,1H3,(H,31,33)(H,32,34). The molecule has 2 N–H and O–H groups in total. The zero-order chi connectivity index (χ0) is 25.3. The van der Waals surface area contributed by atoms with Crippen molar-refractivity contribution in [2.75, 3.05) is 24.4 Å². The summed E-state index contributed by atoms with van der Waals surface area (Å²) in [5.74, 6) is 0.310. The van der Waals surface area contributed by atoms with Crippen LogP contribution < -0.4 is 20.1 Å². The number of nitrogens with one attached hydrogen (secondary N) is 2. The van der Waals surface area contributed by atoms with Crippen molar-refractivity contribution < 1.29 is 19.1 Å². The van der Waals surface area contributed by atoms with Crippen molar-refractivity contribution >= 4 is 23.2 Å². The first-order valence-electron chi connectivity index (χ1n) is 11.1. The van der Waals surface area contributed by atoms with E-state index in [1.165, 1.54) is 7.11 Å². The van der Waals surface area contributed by atoms with E-state index in [-0.39, 0.29) is 18.4 Å². The molecule has 4 rings (SSSR count). The number of para-hydroxylation sites is 2. The molecule has 2 amide bonds. The summed E-state index contributed by atoms with van der Waals surface area (Å²) in [5, 5.41) is 15.1. The highest BCUT2D eigenvalue weighted by molar-refractivity contribution is 6.09. The number of carbonyl (C=O) groups is 2. The third-order valence-corrected chi connectivity index (χ3v) is 5.34. The molecular formula is C29H23N3O4. The van der Waals surface area contributed by atoms with Crippen molar-refractivity contribution in [3.8, 4) is 28.7 Å². The fourth-order valence-electron chi connectivity index (χ4n) is 3.68. The Hall–Kier alpha value is -5.09. The minimum atomic E-state index is -0.358. The molecule has 4 aromatic rings. The van der Waals surface area contributed by atoms with Crippen molar-refractivity contribution in [3.63, 3.8) is 0 Å². The highest BCUT2D eigenvalue weighted by Crippen LogP contribution is 2.28. The number of nitrogens with zero attached hydrogens (tertiary/aromatic N) is 1. The number of benzene rings is 4. The van der Waals surface area contributed by atoms with Gasteiger partial charge in [0.25, 0.3) is 11.8 Å². The van der Waals surface area contributed by atoms with Crippen molar-refractivity contribution in [3.05, 3.63) is 108 Å². The normalized spacial score (nSPS) is 10.1. The van der Waals surface area contributed by atoms with Crippen LogP contribution in [-0.4, -0.2) is 25.5 Å². The minimum absolute atomic E-state index is 0.206. The van der Waals surface area contributed by atoms with Crippen LogP contribution in [0.3, 0.4) is 0 Å². The van der Waals surface area contributed by atoms with E-state index in [1.54, 1.807) is 66.7 Å². The lowest BCUT2D eigenvalue weighted by atomic mass is 9.95. The van der Waals surface area contributed by atoms with Crippen molar-refractivity contribution in [1.29, 1.82) is 5.26 Å². The Morgan fingerprint density at radius 1 is 0.778 bits per heavy atom. The maximum absolute atomic E-state index is 13.1. The molecule has 0 atom stereocenters. The van der Waals surface area contributed by atoms with Crippen LogP contribution in [0.2, 0.25) is 0 Å². The summed E-state index contributed by atoms with van der Waals surface area (Å²) in [6, 6.07) is 30.3. The van der Waals surface area contributed by atoms with Gasteiger partial charge in [-0.05, 0) is 48.0 Å². The van der Waals surface area contributed by atoms with Gasteiger partial charge in [0.1, 0.15) is 0 Å². The molecule has 0 saturated carbocycles. The Labute approximate surface area is 208 Å². The predicted molar refractivity (Wildman–Crippen MR) is 138 cm³/mol. The molecule has 0 fully saturated rings. The maximum Gasteiger partial charge on any atom is 0.262 e. The Kier molecular flexibility index (Phi) is 7.59. The smallest absolute Gasteiger partial charge is 0.262 e. The zero-order valence-corrected chi connectivity index (χ0v) is 19.5. The molecule has 7 nitrogen and oxygen atoms in total. The molecule has 4 aromatic carbocycles. The summed E-state index contributed by atoms with van der Waals surface area (Å²) in [5.41, 5.74) is 3.26. The SMILES string of the molecule is COc1ccccc1OCC(=O)Nc1cccc(NC(=O)c2ccccc2-c2ccccc2C#N)c1.